The van der Waals surface area contributed by atoms with Crippen molar-refractivity contribution in [3.8, 4) is 5.75 Å². The first-order chi connectivity index (χ1) is 19.9. The van der Waals surface area contributed by atoms with E-state index in [4.69, 9.17) is 14.6 Å². The molecule has 0 bridgehead atoms. The zero-order valence-electron chi connectivity index (χ0n) is 23.5. The maximum Gasteiger partial charge on any atom is 0.490 e. The Morgan fingerprint density at radius 2 is 1.57 bits per heavy atom. The topological polar surface area (TPSA) is 132 Å². The van der Waals surface area contributed by atoms with Crippen molar-refractivity contribution in [1.82, 2.24) is 15.1 Å². The van der Waals surface area contributed by atoms with Crippen LogP contribution in [-0.2, 0) is 14.8 Å². The highest BCUT2D eigenvalue weighted by Crippen LogP contribution is 2.31. The van der Waals surface area contributed by atoms with Gasteiger partial charge in [0, 0.05) is 57.9 Å². The molecule has 0 spiro atoms. The predicted molar refractivity (Wildman–Crippen MR) is 152 cm³/mol. The lowest BCUT2D eigenvalue weighted by atomic mass is 10.1. The number of sulfonamides is 1. The number of amides is 1. The number of ether oxygens (including phenoxy) is 1. The molecule has 2 saturated heterocycles. The maximum atomic E-state index is 13.3. The summed E-state index contributed by atoms with van der Waals surface area (Å²) in [5, 5.41) is 10.4. The van der Waals surface area contributed by atoms with Gasteiger partial charge in [0.2, 0.25) is 0 Å². The first kappa shape index (κ1) is 32.9. The van der Waals surface area contributed by atoms with Crippen LogP contribution in [0.25, 0.3) is 0 Å². The second-order valence-corrected chi connectivity index (χ2v) is 11.2. The number of hydrogen-bond acceptors (Lipinski definition) is 8. The highest BCUT2D eigenvalue weighted by Gasteiger charge is 2.38. The van der Waals surface area contributed by atoms with Crippen molar-refractivity contribution in [2.75, 3.05) is 75.1 Å². The molecule has 1 amide bonds. The van der Waals surface area contributed by atoms with E-state index >= 15 is 0 Å². The Bertz CT molecular complexity index is 1310. The largest absolute Gasteiger partial charge is 0.494 e. The van der Waals surface area contributed by atoms with Crippen LogP contribution in [0, 0.1) is 0 Å². The molecule has 2 aliphatic rings. The molecular formula is C27H36F3N5O6S. The molecule has 0 atom stereocenters. The van der Waals surface area contributed by atoms with E-state index in [2.05, 4.69) is 26.8 Å². The first-order valence-electron chi connectivity index (χ1n) is 13.5. The second kappa shape index (κ2) is 14.6. The number of likely N-dealkylation sites (N-methyl/N-ethyl adjacent to an activating group) is 1. The van der Waals surface area contributed by atoms with Crippen LogP contribution in [-0.4, -0.2) is 107 Å². The average molecular weight is 616 g/mol. The van der Waals surface area contributed by atoms with E-state index in [1.54, 1.807) is 24.3 Å². The second-order valence-electron chi connectivity index (χ2n) is 9.51. The van der Waals surface area contributed by atoms with Crippen LogP contribution in [0.2, 0.25) is 0 Å². The smallest absolute Gasteiger partial charge is 0.490 e. The lowest BCUT2D eigenvalue weighted by Crippen LogP contribution is -2.48. The summed E-state index contributed by atoms with van der Waals surface area (Å²) < 4.78 is 66.5. The van der Waals surface area contributed by atoms with Gasteiger partial charge in [-0.3, -0.25) is 9.52 Å². The van der Waals surface area contributed by atoms with Crippen LogP contribution in [0.1, 0.15) is 24.2 Å². The zero-order chi connectivity index (χ0) is 30.9. The third-order valence-corrected chi connectivity index (χ3v) is 8.12. The van der Waals surface area contributed by atoms with Crippen LogP contribution >= 0.6 is 0 Å². The van der Waals surface area contributed by atoms with E-state index in [1.807, 2.05) is 17.9 Å². The number of halogens is 3. The maximum absolute atomic E-state index is 13.3. The fourth-order valence-corrected chi connectivity index (χ4v) is 5.53. The van der Waals surface area contributed by atoms with Crippen LogP contribution in [0.15, 0.2) is 47.4 Å². The van der Waals surface area contributed by atoms with E-state index in [1.165, 1.54) is 12.1 Å². The molecule has 2 aromatic carbocycles. The molecule has 4 rings (SSSR count). The highest BCUT2D eigenvalue weighted by atomic mass is 32.2. The monoisotopic (exact) mass is 615 g/mol. The lowest BCUT2D eigenvalue weighted by Gasteiger charge is -2.34. The number of anilines is 2. The van der Waals surface area contributed by atoms with Crippen molar-refractivity contribution in [2.24, 2.45) is 0 Å². The Hall–Kier alpha value is -3.56. The van der Waals surface area contributed by atoms with E-state index in [9.17, 15) is 26.4 Å². The van der Waals surface area contributed by atoms with Gasteiger partial charge in [-0.05, 0) is 55.9 Å². The minimum atomic E-state index is -5.08. The van der Waals surface area contributed by atoms with Gasteiger partial charge in [-0.2, -0.15) is 13.2 Å². The molecule has 2 aromatic rings. The summed E-state index contributed by atoms with van der Waals surface area (Å²) in [6.07, 6.45) is -5.08. The van der Waals surface area contributed by atoms with Gasteiger partial charge < -0.3 is 29.9 Å². The summed E-state index contributed by atoms with van der Waals surface area (Å²) in [5.74, 6) is -2.22. The van der Waals surface area contributed by atoms with Gasteiger partial charge in [-0.25, -0.2) is 13.2 Å². The highest BCUT2D eigenvalue weighted by molar-refractivity contribution is 7.92. The molecule has 0 aliphatic carbocycles. The van der Waals surface area contributed by atoms with E-state index in [-0.39, 0.29) is 10.8 Å². The number of hydrogen-bond donors (Lipinski definition) is 3. The Morgan fingerprint density at radius 3 is 2.10 bits per heavy atom. The van der Waals surface area contributed by atoms with Gasteiger partial charge in [0.05, 0.1) is 22.9 Å². The van der Waals surface area contributed by atoms with Gasteiger partial charge in [0.25, 0.3) is 15.9 Å². The summed E-state index contributed by atoms with van der Waals surface area (Å²) in [6.45, 7) is 11.6. The molecule has 11 nitrogen and oxygen atoms in total. The molecule has 2 fully saturated rings. The standard InChI is InChI=1S/C25H35N5O4S.C2HF3O2/c1-3-28-15-17-30(18-16-28)25(31)20-5-10-24(29-13-11-26-12-14-29)23(19-20)27-35(32,33)22-8-6-21(7-9-22)34-4-2;3-2(4,5)1(6)7/h5-10,19,26-27H,3-4,11-18H2,1-2H3;(H,6,7). The number of carboxylic acid groups (broad SMARTS) is 1. The number of piperazine rings is 2. The Balaban J connectivity index is 0.000000616. The summed E-state index contributed by atoms with van der Waals surface area (Å²) in [4.78, 5) is 28.6. The van der Waals surface area contributed by atoms with Gasteiger partial charge in [-0.1, -0.05) is 6.92 Å². The molecule has 0 saturated carbocycles. The van der Waals surface area contributed by atoms with Crippen LogP contribution in [0.4, 0.5) is 24.5 Å². The quantitative estimate of drug-likeness (QED) is 0.410. The molecule has 232 valence electrons. The van der Waals surface area contributed by atoms with Gasteiger partial charge >= 0.3 is 12.1 Å². The lowest BCUT2D eigenvalue weighted by molar-refractivity contribution is -0.192. The summed E-state index contributed by atoms with van der Waals surface area (Å²) in [6, 6.07) is 11.7. The SMILES string of the molecule is CCOc1ccc(S(=O)(=O)Nc2cc(C(=O)N3CCN(CC)CC3)ccc2N2CCNCC2)cc1.O=C(O)C(F)(F)F. The number of alkyl halides is 3. The van der Waals surface area contributed by atoms with Crippen LogP contribution in [0.5, 0.6) is 5.75 Å². The van der Waals surface area contributed by atoms with Crippen LogP contribution in [0.3, 0.4) is 0 Å². The van der Waals surface area contributed by atoms with Crippen molar-refractivity contribution >= 4 is 33.3 Å². The van der Waals surface area contributed by atoms with Crippen molar-refractivity contribution in [3.05, 3.63) is 48.0 Å². The third kappa shape index (κ3) is 8.97. The molecule has 0 unspecified atom stereocenters. The van der Waals surface area contributed by atoms with Crippen molar-refractivity contribution in [2.45, 2.75) is 24.9 Å². The minimum Gasteiger partial charge on any atom is -0.494 e. The van der Waals surface area contributed by atoms with E-state index in [0.717, 1.165) is 51.5 Å². The average Bonchev–Trinajstić information content (AvgIpc) is 2.97. The van der Waals surface area contributed by atoms with E-state index in [0.29, 0.717) is 36.7 Å². The fraction of sp³-hybridized carbons (Fsp3) is 0.481. The van der Waals surface area contributed by atoms with Gasteiger partial charge in [0.1, 0.15) is 5.75 Å². The molecule has 42 heavy (non-hydrogen) atoms. The predicted octanol–water partition coefficient (Wildman–Crippen LogP) is 2.71. The zero-order valence-corrected chi connectivity index (χ0v) is 24.3. The number of nitrogens with one attached hydrogen (secondary N) is 2. The van der Waals surface area contributed by atoms with Crippen molar-refractivity contribution < 1.29 is 41.0 Å². The normalized spacial score (nSPS) is 16.3. The molecule has 2 aliphatic heterocycles. The minimum absolute atomic E-state index is 0.0749. The van der Waals surface area contributed by atoms with Gasteiger partial charge in [0.15, 0.2) is 0 Å². The number of nitrogens with zero attached hydrogens (tertiary/aromatic N) is 3. The third-order valence-electron chi connectivity index (χ3n) is 6.74. The van der Waals surface area contributed by atoms with Gasteiger partial charge in [-0.15, -0.1) is 0 Å². The summed E-state index contributed by atoms with van der Waals surface area (Å²) >= 11 is 0. The number of aliphatic carboxylic acids is 1. The Labute approximate surface area is 243 Å². The Morgan fingerprint density at radius 1 is 0.976 bits per heavy atom. The van der Waals surface area contributed by atoms with Crippen LogP contribution < -0.4 is 19.7 Å². The van der Waals surface area contributed by atoms with E-state index < -0.39 is 22.2 Å². The summed E-state index contributed by atoms with van der Waals surface area (Å²) in [5.41, 5.74) is 1.67. The Kier molecular flexibility index (Phi) is 11.4. The number of rotatable bonds is 8. The molecule has 3 N–H and O–H groups in total. The summed E-state index contributed by atoms with van der Waals surface area (Å²) in [7, 11) is -3.86. The number of carbonyl (C=O) groups excluding carboxylic acids is 1. The number of benzene rings is 2. The van der Waals surface area contributed by atoms with Crippen molar-refractivity contribution in [1.29, 1.82) is 0 Å². The first-order valence-corrected chi connectivity index (χ1v) is 15.0. The molecule has 0 aromatic heterocycles. The fourth-order valence-electron chi connectivity index (χ4n) is 4.47. The molecular weight excluding hydrogens is 579 g/mol. The van der Waals surface area contributed by atoms with Crippen molar-refractivity contribution in [3.63, 3.8) is 0 Å². The number of carboxylic acids is 1. The molecule has 0 radical (unpaired) electrons. The number of carbonyl (C=O) groups is 2. The molecule has 2 heterocycles. The molecule has 15 heteroatoms.